The van der Waals surface area contributed by atoms with Crippen LogP contribution in [0.25, 0.3) is 11.3 Å². The molecule has 1 aromatic heterocycles. The van der Waals surface area contributed by atoms with E-state index in [1.165, 1.54) is 18.2 Å². The zero-order valence-corrected chi connectivity index (χ0v) is 15.0. The maximum absolute atomic E-state index is 12.6. The Kier molecular flexibility index (Phi) is 4.89. The number of nitro groups is 1. The van der Waals surface area contributed by atoms with Crippen LogP contribution < -0.4 is 15.0 Å². The fourth-order valence-corrected chi connectivity index (χ4v) is 2.83. The standard InChI is InChI=1S/C19H18N4O4/c1-21-17(13-5-4-8-16(10-13)27-2)11-22(19(21)20)12-18(24)14-6-3-7-15(9-14)23(25)26/h3-11,20H,12H2,1-2H3/p+1. The number of imidazole rings is 1. The molecule has 0 amide bonds. The van der Waals surface area contributed by atoms with Gasteiger partial charge in [0.1, 0.15) is 24.2 Å². The lowest BCUT2D eigenvalue weighted by atomic mass is 10.1. The van der Waals surface area contributed by atoms with Crippen molar-refractivity contribution < 1.29 is 19.0 Å². The Bertz CT molecular complexity index is 1030. The molecule has 1 heterocycles. The second-order valence-corrected chi connectivity index (χ2v) is 6.02. The molecule has 2 aromatic carbocycles. The molecule has 2 N–H and O–H groups in total. The first-order valence-corrected chi connectivity index (χ1v) is 8.17. The second-order valence-electron chi connectivity index (χ2n) is 6.02. The molecule has 3 rings (SSSR count). The Balaban J connectivity index is 1.91. The molecule has 138 valence electrons. The summed E-state index contributed by atoms with van der Waals surface area (Å²) in [5.74, 6) is 0.844. The highest BCUT2D eigenvalue weighted by atomic mass is 16.6. The van der Waals surface area contributed by atoms with Crippen LogP contribution in [0.5, 0.6) is 5.75 Å². The highest BCUT2D eigenvalue weighted by Gasteiger charge is 2.21. The Hall–Kier alpha value is -3.68. The van der Waals surface area contributed by atoms with Gasteiger partial charge in [0.2, 0.25) is 0 Å². The number of nitrogen functional groups attached to an aromatic ring is 1. The maximum atomic E-state index is 12.6. The van der Waals surface area contributed by atoms with Crippen molar-refractivity contribution in [2.24, 2.45) is 7.05 Å². The van der Waals surface area contributed by atoms with E-state index in [4.69, 9.17) is 10.5 Å². The van der Waals surface area contributed by atoms with Gasteiger partial charge in [-0.15, -0.1) is 0 Å². The third kappa shape index (κ3) is 3.64. The van der Waals surface area contributed by atoms with E-state index in [9.17, 15) is 14.9 Å². The van der Waals surface area contributed by atoms with Gasteiger partial charge in [0.25, 0.3) is 5.69 Å². The molecule has 0 aliphatic rings. The first-order valence-electron chi connectivity index (χ1n) is 8.17. The maximum Gasteiger partial charge on any atom is 0.355 e. The zero-order valence-electron chi connectivity index (χ0n) is 15.0. The second kappa shape index (κ2) is 7.28. The van der Waals surface area contributed by atoms with Crippen LogP contribution in [0.2, 0.25) is 0 Å². The van der Waals surface area contributed by atoms with Crippen molar-refractivity contribution in [3.63, 3.8) is 0 Å². The summed E-state index contributed by atoms with van der Waals surface area (Å²) in [5.41, 5.74) is 8.01. The van der Waals surface area contributed by atoms with Crippen LogP contribution in [0, 0.1) is 10.1 Å². The quantitative estimate of drug-likeness (QED) is 0.312. The number of carbonyl (C=O) groups excluding carboxylic acids is 1. The van der Waals surface area contributed by atoms with Crippen molar-refractivity contribution in [1.82, 2.24) is 4.57 Å². The number of Topliss-reactive ketones (excluding diaryl/α,β-unsaturated/α-hetero) is 1. The van der Waals surface area contributed by atoms with Crippen LogP contribution in [0.1, 0.15) is 10.4 Å². The van der Waals surface area contributed by atoms with Gasteiger partial charge in [-0.1, -0.05) is 24.3 Å². The Morgan fingerprint density at radius 2 is 2.00 bits per heavy atom. The van der Waals surface area contributed by atoms with E-state index in [0.717, 1.165) is 11.3 Å². The third-order valence-electron chi connectivity index (χ3n) is 4.34. The number of nitro benzene ring substituents is 1. The van der Waals surface area contributed by atoms with Gasteiger partial charge in [0.15, 0.2) is 5.78 Å². The van der Waals surface area contributed by atoms with Gasteiger partial charge in [0.05, 0.1) is 19.1 Å². The summed E-state index contributed by atoms with van der Waals surface area (Å²) >= 11 is 0. The molecular formula is C19H19N4O4+. The number of methoxy groups -OCH3 is 1. The van der Waals surface area contributed by atoms with Crippen LogP contribution in [0.15, 0.2) is 54.7 Å². The van der Waals surface area contributed by atoms with Crippen molar-refractivity contribution in [1.29, 1.82) is 0 Å². The van der Waals surface area contributed by atoms with Crippen molar-refractivity contribution in [3.8, 4) is 17.0 Å². The van der Waals surface area contributed by atoms with Gasteiger partial charge >= 0.3 is 5.95 Å². The SMILES string of the molecule is COc1cccc(-c2c[n+](CC(=O)c3cccc([N+](=O)[O-])c3)c(N)n2C)c1. The van der Waals surface area contributed by atoms with E-state index in [-0.39, 0.29) is 23.6 Å². The molecule has 0 radical (unpaired) electrons. The van der Waals surface area contributed by atoms with Crippen LogP contribution >= 0.6 is 0 Å². The molecule has 0 fully saturated rings. The summed E-state index contributed by atoms with van der Waals surface area (Å²) < 4.78 is 8.64. The molecule has 8 heteroatoms. The minimum absolute atomic E-state index is 0.0230. The Labute approximate surface area is 155 Å². The highest BCUT2D eigenvalue weighted by molar-refractivity contribution is 5.95. The summed E-state index contributed by atoms with van der Waals surface area (Å²) in [5, 5.41) is 10.9. The topological polar surface area (TPSA) is 104 Å². The number of anilines is 1. The Morgan fingerprint density at radius 1 is 1.26 bits per heavy atom. The molecular weight excluding hydrogens is 348 g/mol. The molecule has 3 aromatic rings. The summed E-state index contributed by atoms with van der Waals surface area (Å²) in [6.45, 7) is -0.0230. The van der Waals surface area contributed by atoms with Crippen molar-refractivity contribution in [3.05, 3.63) is 70.4 Å². The van der Waals surface area contributed by atoms with Gasteiger partial charge in [0, 0.05) is 23.3 Å². The van der Waals surface area contributed by atoms with E-state index < -0.39 is 4.92 Å². The average molecular weight is 367 g/mol. The first-order chi connectivity index (χ1) is 12.9. The Morgan fingerprint density at radius 3 is 2.70 bits per heavy atom. The van der Waals surface area contributed by atoms with Crippen LogP contribution in [-0.4, -0.2) is 22.4 Å². The van der Waals surface area contributed by atoms with Gasteiger partial charge in [-0.25, -0.2) is 9.13 Å². The molecule has 27 heavy (non-hydrogen) atoms. The monoisotopic (exact) mass is 367 g/mol. The van der Waals surface area contributed by atoms with Crippen LogP contribution in [0.3, 0.4) is 0 Å². The molecule has 0 saturated heterocycles. The lowest BCUT2D eigenvalue weighted by Gasteiger charge is -2.02. The van der Waals surface area contributed by atoms with E-state index >= 15 is 0 Å². The predicted octanol–water partition coefficient (Wildman–Crippen LogP) is 2.36. The number of hydrogen-bond donors (Lipinski definition) is 1. The number of ether oxygens (including phenoxy) is 1. The number of aromatic nitrogens is 2. The van der Waals surface area contributed by atoms with Gasteiger partial charge in [-0.05, 0) is 12.1 Å². The molecule has 0 aliphatic carbocycles. The number of nitrogens with zero attached hydrogens (tertiary/aromatic N) is 3. The van der Waals surface area contributed by atoms with Gasteiger partial charge in [-0.3, -0.25) is 20.6 Å². The molecule has 0 aliphatic heterocycles. The fourth-order valence-electron chi connectivity index (χ4n) is 2.83. The predicted molar refractivity (Wildman–Crippen MR) is 99.4 cm³/mol. The minimum atomic E-state index is -0.526. The molecule has 8 nitrogen and oxygen atoms in total. The number of nitrogens with two attached hydrogens (primary N) is 1. The van der Waals surface area contributed by atoms with Crippen LogP contribution in [0.4, 0.5) is 11.6 Å². The molecule has 0 atom stereocenters. The first kappa shape index (κ1) is 18.1. The summed E-state index contributed by atoms with van der Waals surface area (Å²) in [6.07, 6.45) is 1.78. The van der Waals surface area contributed by atoms with Gasteiger partial charge in [-0.2, -0.15) is 0 Å². The lowest BCUT2D eigenvalue weighted by Crippen LogP contribution is -2.39. The fraction of sp³-hybridized carbons (Fsp3) is 0.158. The number of non-ortho nitro benzene ring substituents is 1. The molecule has 0 bridgehead atoms. The lowest BCUT2D eigenvalue weighted by molar-refractivity contribution is -0.667. The number of benzene rings is 2. The number of ketones is 1. The van der Waals surface area contributed by atoms with Crippen LogP contribution in [-0.2, 0) is 13.6 Å². The average Bonchev–Trinajstić information content (AvgIpc) is 2.96. The van der Waals surface area contributed by atoms with Crippen molar-refractivity contribution in [2.75, 3.05) is 12.8 Å². The van der Waals surface area contributed by atoms with E-state index in [1.54, 1.807) is 35.6 Å². The molecule has 0 spiro atoms. The molecule has 0 unspecified atom stereocenters. The molecule has 0 saturated carbocycles. The number of carbonyl (C=O) groups is 1. The third-order valence-corrected chi connectivity index (χ3v) is 4.34. The minimum Gasteiger partial charge on any atom is -0.497 e. The van der Waals surface area contributed by atoms with Crippen molar-refractivity contribution in [2.45, 2.75) is 6.54 Å². The summed E-state index contributed by atoms with van der Waals surface area (Å²) in [6, 6.07) is 13.2. The van der Waals surface area contributed by atoms with E-state index in [0.29, 0.717) is 11.7 Å². The van der Waals surface area contributed by atoms with Crippen molar-refractivity contribution >= 4 is 17.4 Å². The highest BCUT2D eigenvalue weighted by Crippen LogP contribution is 2.24. The summed E-state index contributed by atoms with van der Waals surface area (Å²) in [7, 11) is 3.40. The number of hydrogen-bond acceptors (Lipinski definition) is 5. The van der Waals surface area contributed by atoms with E-state index in [2.05, 4.69) is 0 Å². The summed E-state index contributed by atoms with van der Waals surface area (Å²) in [4.78, 5) is 22.9. The zero-order chi connectivity index (χ0) is 19.6. The normalized spacial score (nSPS) is 10.6. The smallest absolute Gasteiger partial charge is 0.355 e. The largest absolute Gasteiger partial charge is 0.497 e. The van der Waals surface area contributed by atoms with E-state index in [1.807, 2.05) is 24.3 Å². The van der Waals surface area contributed by atoms with Gasteiger partial charge < -0.3 is 4.74 Å². The number of rotatable bonds is 6.